The molecule has 0 saturated carbocycles. The highest BCUT2D eigenvalue weighted by atomic mass is 16.6. The van der Waals surface area contributed by atoms with Crippen LogP contribution in [0.5, 0.6) is 0 Å². The number of guanidine groups is 1. The summed E-state index contributed by atoms with van der Waals surface area (Å²) in [7, 11) is 0. The van der Waals surface area contributed by atoms with Crippen LogP contribution in [-0.2, 0) is 13.1 Å². The number of rotatable bonds is 8. The Kier molecular flexibility index (Phi) is 6.16. The predicted molar refractivity (Wildman–Crippen MR) is 87.3 cm³/mol. The third-order valence-electron chi connectivity index (χ3n) is 3.10. The second kappa shape index (κ2) is 8.57. The number of hydrogen-bond acceptors (Lipinski definition) is 4. The van der Waals surface area contributed by atoms with Crippen LogP contribution in [0.15, 0.2) is 41.9 Å². The topological polar surface area (TPSA) is 102 Å². The Labute approximate surface area is 134 Å². The molecule has 23 heavy (non-hydrogen) atoms. The van der Waals surface area contributed by atoms with Crippen molar-refractivity contribution in [3.8, 4) is 0 Å². The van der Waals surface area contributed by atoms with Crippen molar-refractivity contribution in [3.05, 3.63) is 47.0 Å². The second-order valence-electron chi connectivity index (χ2n) is 4.83. The molecule has 0 aliphatic heterocycles. The smallest absolute Gasteiger partial charge is 0.306 e. The minimum Gasteiger partial charge on any atom is -0.357 e. The van der Waals surface area contributed by atoms with Gasteiger partial charge in [-0.15, -0.1) is 0 Å². The van der Waals surface area contributed by atoms with Crippen LogP contribution in [0, 0.1) is 10.1 Å². The second-order valence-corrected chi connectivity index (χ2v) is 4.83. The summed E-state index contributed by atoms with van der Waals surface area (Å²) in [5.41, 5.74) is -0.00858. The fourth-order valence-electron chi connectivity index (χ4n) is 2.00. The molecule has 0 aromatic carbocycles. The summed E-state index contributed by atoms with van der Waals surface area (Å²) in [6, 6.07) is 3.98. The quantitative estimate of drug-likeness (QED) is 0.325. The van der Waals surface area contributed by atoms with Gasteiger partial charge in [0.2, 0.25) is 0 Å². The van der Waals surface area contributed by atoms with Gasteiger partial charge in [-0.25, -0.2) is 0 Å². The average molecular weight is 319 g/mol. The molecule has 0 aliphatic carbocycles. The number of aliphatic imine (C=N–C) groups is 1. The molecular formula is C14H21N7O2. The Bertz CT molecular complexity index is 633. The van der Waals surface area contributed by atoms with Gasteiger partial charge in [-0.3, -0.25) is 19.8 Å². The molecule has 2 N–H and O–H groups in total. The Morgan fingerprint density at radius 2 is 2.13 bits per heavy atom. The SMILES string of the molecule is CCNC(=NCCn1cc([N+](=O)[O-])cn1)NCCn1cccc1. The minimum absolute atomic E-state index is 0.00858. The van der Waals surface area contributed by atoms with Crippen molar-refractivity contribution in [3.63, 3.8) is 0 Å². The maximum atomic E-state index is 10.6. The third-order valence-corrected chi connectivity index (χ3v) is 3.10. The van der Waals surface area contributed by atoms with Gasteiger partial charge >= 0.3 is 5.69 Å². The van der Waals surface area contributed by atoms with E-state index in [1.807, 2.05) is 31.5 Å². The van der Waals surface area contributed by atoms with Gasteiger partial charge in [-0.2, -0.15) is 5.10 Å². The molecule has 0 fully saturated rings. The Morgan fingerprint density at radius 1 is 1.35 bits per heavy atom. The van der Waals surface area contributed by atoms with E-state index in [0.717, 1.165) is 25.6 Å². The van der Waals surface area contributed by atoms with Gasteiger partial charge in [0, 0.05) is 32.0 Å². The molecule has 0 radical (unpaired) electrons. The summed E-state index contributed by atoms with van der Waals surface area (Å²) in [6.07, 6.45) is 6.67. The normalized spacial score (nSPS) is 11.4. The van der Waals surface area contributed by atoms with Crippen LogP contribution in [0.25, 0.3) is 0 Å². The first kappa shape index (κ1) is 16.5. The van der Waals surface area contributed by atoms with E-state index in [9.17, 15) is 10.1 Å². The molecule has 0 aliphatic rings. The van der Waals surface area contributed by atoms with Gasteiger partial charge in [0.25, 0.3) is 0 Å². The summed E-state index contributed by atoms with van der Waals surface area (Å²) in [6.45, 7) is 5.35. The van der Waals surface area contributed by atoms with Gasteiger partial charge in [-0.1, -0.05) is 0 Å². The highest BCUT2D eigenvalue weighted by Crippen LogP contribution is 2.07. The third kappa shape index (κ3) is 5.46. The first-order chi connectivity index (χ1) is 11.2. The summed E-state index contributed by atoms with van der Waals surface area (Å²) < 4.78 is 3.60. The van der Waals surface area contributed by atoms with Crippen molar-refractivity contribution in [2.45, 2.75) is 20.0 Å². The van der Waals surface area contributed by atoms with E-state index in [4.69, 9.17) is 0 Å². The average Bonchev–Trinajstić information content (AvgIpc) is 3.18. The Morgan fingerprint density at radius 3 is 2.78 bits per heavy atom. The van der Waals surface area contributed by atoms with Crippen molar-refractivity contribution in [2.24, 2.45) is 4.99 Å². The first-order valence-electron chi connectivity index (χ1n) is 7.49. The van der Waals surface area contributed by atoms with Crippen molar-refractivity contribution < 1.29 is 4.92 Å². The first-order valence-corrected chi connectivity index (χ1v) is 7.49. The van der Waals surface area contributed by atoms with Crippen molar-refractivity contribution >= 4 is 11.6 Å². The number of nitrogens with one attached hydrogen (secondary N) is 2. The molecule has 2 rings (SSSR count). The highest BCUT2D eigenvalue weighted by molar-refractivity contribution is 5.79. The number of aromatic nitrogens is 3. The number of nitrogens with zero attached hydrogens (tertiary/aromatic N) is 5. The minimum atomic E-state index is -0.459. The van der Waals surface area contributed by atoms with E-state index in [1.54, 1.807) is 0 Å². The van der Waals surface area contributed by atoms with Gasteiger partial charge < -0.3 is 15.2 Å². The van der Waals surface area contributed by atoms with E-state index in [2.05, 4.69) is 25.3 Å². The molecule has 2 aromatic heterocycles. The molecule has 0 spiro atoms. The molecule has 2 heterocycles. The van der Waals surface area contributed by atoms with Crippen molar-refractivity contribution in [1.29, 1.82) is 0 Å². The summed E-state index contributed by atoms with van der Waals surface area (Å²) >= 11 is 0. The van der Waals surface area contributed by atoms with E-state index in [1.165, 1.54) is 17.1 Å². The van der Waals surface area contributed by atoms with Crippen LogP contribution in [0.4, 0.5) is 5.69 Å². The van der Waals surface area contributed by atoms with Crippen LogP contribution in [0.2, 0.25) is 0 Å². The molecule has 0 saturated heterocycles. The lowest BCUT2D eigenvalue weighted by atomic mass is 10.5. The molecule has 0 atom stereocenters. The Hall–Kier alpha value is -2.84. The summed E-state index contributed by atoms with van der Waals surface area (Å²) in [4.78, 5) is 14.6. The monoisotopic (exact) mass is 319 g/mol. The highest BCUT2D eigenvalue weighted by Gasteiger charge is 2.08. The molecular weight excluding hydrogens is 298 g/mol. The van der Waals surface area contributed by atoms with E-state index >= 15 is 0 Å². The largest absolute Gasteiger partial charge is 0.357 e. The summed E-state index contributed by atoms with van der Waals surface area (Å²) in [5, 5.41) is 21.0. The fraction of sp³-hybridized carbons (Fsp3) is 0.429. The van der Waals surface area contributed by atoms with Crippen LogP contribution in [-0.4, -0.2) is 44.9 Å². The molecule has 0 unspecified atom stereocenters. The van der Waals surface area contributed by atoms with Gasteiger partial charge in [0.15, 0.2) is 5.96 Å². The van der Waals surface area contributed by atoms with Gasteiger partial charge in [0.1, 0.15) is 12.4 Å². The van der Waals surface area contributed by atoms with Gasteiger partial charge in [-0.05, 0) is 19.1 Å². The number of nitro groups is 1. The van der Waals surface area contributed by atoms with Crippen LogP contribution < -0.4 is 10.6 Å². The molecule has 9 nitrogen and oxygen atoms in total. The van der Waals surface area contributed by atoms with Crippen LogP contribution in [0.3, 0.4) is 0 Å². The predicted octanol–water partition coefficient (Wildman–Crippen LogP) is 0.848. The molecule has 0 amide bonds. The zero-order valence-corrected chi connectivity index (χ0v) is 13.1. The molecule has 2 aromatic rings. The summed E-state index contributed by atoms with van der Waals surface area (Å²) in [5.74, 6) is 0.723. The zero-order valence-electron chi connectivity index (χ0n) is 13.1. The lowest BCUT2D eigenvalue weighted by Gasteiger charge is -2.11. The van der Waals surface area contributed by atoms with E-state index < -0.39 is 4.92 Å². The van der Waals surface area contributed by atoms with Crippen molar-refractivity contribution in [2.75, 3.05) is 19.6 Å². The molecule has 0 bridgehead atoms. The fourth-order valence-corrected chi connectivity index (χ4v) is 2.00. The van der Waals surface area contributed by atoms with Crippen LogP contribution >= 0.6 is 0 Å². The lowest BCUT2D eigenvalue weighted by Crippen LogP contribution is -2.39. The van der Waals surface area contributed by atoms with Crippen LogP contribution in [0.1, 0.15) is 6.92 Å². The maximum Gasteiger partial charge on any atom is 0.306 e. The lowest BCUT2D eigenvalue weighted by molar-refractivity contribution is -0.385. The van der Waals surface area contributed by atoms with Gasteiger partial charge in [0.05, 0.1) is 18.0 Å². The Balaban J connectivity index is 1.78. The molecule has 9 heteroatoms. The maximum absolute atomic E-state index is 10.6. The van der Waals surface area contributed by atoms with E-state index in [-0.39, 0.29) is 5.69 Å². The zero-order chi connectivity index (χ0) is 16.5. The number of hydrogen-bond donors (Lipinski definition) is 2. The molecule has 124 valence electrons. The van der Waals surface area contributed by atoms with Crippen molar-refractivity contribution in [1.82, 2.24) is 25.0 Å². The van der Waals surface area contributed by atoms with E-state index in [0.29, 0.717) is 13.1 Å². The standard InChI is InChI=1S/C14H21N7O2/c1-2-15-14(16-5-9-19-7-3-4-8-19)17-6-10-20-12-13(11-18-20)21(22)23/h3-4,7-8,11-12H,2,5-6,9-10H2,1H3,(H2,15,16,17).